The van der Waals surface area contributed by atoms with Gasteiger partial charge in [0.05, 0.1) is 19.5 Å². The minimum Gasteiger partial charge on any atom is -0.469 e. The van der Waals surface area contributed by atoms with E-state index < -0.39 is 0 Å². The van der Waals surface area contributed by atoms with E-state index in [9.17, 15) is 0 Å². The Labute approximate surface area is 198 Å². The Morgan fingerprint density at radius 2 is 1.90 bits per heavy atom. The monoisotopic (exact) mass is 531 g/mol. The van der Waals surface area contributed by atoms with Crippen molar-refractivity contribution < 1.29 is 9.15 Å². The van der Waals surface area contributed by atoms with Crippen molar-refractivity contribution in [3.8, 4) is 0 Å². The van der Waals surface area contributed by atoms with Crippen molar-refractivity contribution in [1.82, 2.24) is 20.4 Å². The molecule has 3 aliphatic rings. The smallest absolute Gasteiger partial charge is 0.191 e. The van der Waals surface area contributed by atoms with E-state index >= 15 is 0 Å². The van der Waals surface area contributed by atoms with Crippen molar-refractivity contribution >= 4 is 29.9 Å². The molecule has 0 bridgehead atoms. The number of hydrogen-bond donors (Lipinski definition) is 2. The van der Waals surface area contributed by atoms with E-state index in [1.54, 1.807) is 6.26 Å². The third kappa shape index (κ3) is 8.01. The van der Waals surface area contributed by atoms with Crippen LogP contribution >= 0.6 is 24.0 Å². The lowest BCUT2D eigenvalue weighted by atomic mass is 10.1. The molecule has 0 amide bonds. The Morgan fingerprint density at radius 1 is 1.10 bits per heavy atom. The summed E-state index contributed by atoms with van der Waals surface area (Å²) < 4.78 is 10.9. The van der Waals surface area contributed by atoms with Crippen LogP contribution < -0.4 is 10.6 Å². The van der Waals surface area contributed by atoms with E-state index in [-0.39, 0.29) is 24.0 Å². The number of furan rings is 1. The third-order valence-electron chi connectivity index (χ3n) is 6.18. The highest BCUT2D eigenvalue weighted by Crippen LogP contribution is 2.29. The van der Waals surface area contributed by atoms with Crippen LogP contribution in [0.2, 0.25) is 0 Å². The first-order valence-corrected chi connectivity index (χ1v) is 11.5. The van der Waals surface area contributed by atoms with Crippen LogP contribution in [0.1, 0.15) is 37.9 Å². The summed E-state index contributed by atoms with van der Waals surface area (Å²) in [7, 11) is 0. The molecule has 1 aliphatic carbocycles. The highest BCUT2D eigenvalue weighted by molar-refractivity contribution is 14.0. The van der Waals surface area contributed by atoms with Crippen LogP contribution in [0.15, 0.2) is 27.8 Å². The van der Waals surface area contributed by atoms with E-state index in [4.69, 9.17) is 14.1 Å². The summed E-state index contributed by atoms with van der Waals surface area (Å²) in [6.07, 6.45) is 8.94. The standard InChI is InChI=1S/C22H37N5O2.HI/c1-3-21(29-16-1)6-10-24-22(23-9-2-11-26-14-17-28-18-15-26)25-19-7-12-27(13-8-19)20-4-5-20;/h1,3,16,19-20H,2,4-15,17-18H2,(H2,23,24,25);1H. The molecule has 0 atom stereocenters. The lowest BCUT2D eigenvalue weighted by Gasteiger charge is -2.33. The maximum atomic E-state index is 5.45. The molecule has 2 aliphatic heterocycles. The molecule has 4 rings (SSSR count). The predicted octanol–water partition coefficient (Wildman–Crippen LogP) is 2.32. The Balaban J connectivity index is 0.00000256. The number of hydrogen-bond acceptors (Lipinski definition) is 5. The summed E-state index contributed by atoms with van der Waals surface area (Å²) in [5.41, 5.74) is 0. The maximum Gasteiger partial charge on any atom is 0.191 e. The van der Waals surface area contributed by atoms with Crippen LogP contribution in [0.3, 0.4) is 0 Å². The van der Waals surface area contributed by atoms with E-state index in [0.29, 0.717) is 6.04 Å². The molecule has 0 aromatic carbocycles. The zero-order chi connectivity index (χ0) is 19.7. The minimum atomic E-state index is 0. The van der Waals surface area contributed by atoms with Crippen LogP contribution in [0.5, 0.6) is 0 Å². The largest absolute Gasteiger partial charge is 0.469 e. The SMILES string of the molecule is I.c1coc(CCNC(=NCCCN2CCOCC2)NC2CCN(C3CC3)CC2)c1. The summed E-state index contributed by atoms with van der Waals surface area (Å²) in [6.45, 7) is 9.07. The fourth-order valence-electron chi connectivity index (χ4n) is 4.26. The van der Waals surface area contributed by atoms with Crippen LogP contribution in [0.4, 0.5) is 0 Å². The first-order valence-electron chi connectivity index (χ1n) is 11.5. The quantitative estimate of drug-likeness (QED) is 0.221. The van der Waals surface area contributed by atoms with Crippen molar-refractivity contribution in [2.75, 3.05) is 59.0 Å². The molecule has 0 spiro atoms. The van der Waals surface area contributed by atoms with Gasteiger partial charge < -0.3 is 24.7 Å². The molecule has 1 aromatic rings. The number of morpholine rings is 1. The Bertz CT molecular complexity index is 609. The van der Waals surface area contributed by atoms with Gasteiger partial charge in [0.15, 0.2) is 5.96 Å². The summed E-state index contributed by atoms with van der Waals surface area (Å²) in [5, 5.41) is 7.22. The molecule has 8 heteroatoms. The first-order chi connectivity index (χ1) is 14.4. The second-order valence-electron chi connectivity index (χ2n) is 8.48. The highest BCUT2D eigenvalue weighted by Gasteiger charge is 2.31. The number of halogens is 1. The second-order valence-corrected chi connectivity index (χ2v) is 8.48. The molecule has 1 aromatic heterocycles. The molecule has 7 nitrogen and oxygen atoms in total. The lowest BCUT2D eigenvalue weighted by Crippen LogP contribution is -2.49. The van der Waals surface area contributed by atoms with Gasteiger partial charge in [-0.15, -0.1) is 24.0 Å². The normalized spacial score (nSPS) is 21.9. The van der Waals surface area contributed by atoms with Gasteiger partial charge in [-0.3, -0.25) is 9.89 Å². The van der Waals surface area contributed by atoms with E-state index in [1.165, 1.54) is 38.8 Å². The number of guanidine groups is 1. The van der Waals surface area contributed by atoms with Gasteiger partial charge in [0, 0.05) is 64.3 Å². The van der Waals surface area contributed by atoms with Gasteiger partial charge in [0.2, 0.25) is 0 Å². The van der Waals surface area contributed by atoms with Crippen molar-refractivity contribution in [2.24, 2.45) is 4.99 Å². The van der Waals surface area contributed by atoms with Gasteiger partial charge in [-0.2, -0.15) is 0 Å². The Hall–Kier alpha value is -0.840. The van der Waals surface area contributed by atoms with Gasteiger partial charge in [-0.25, -0.2) is 0 Å². The van der Waals surface area contributed by atoms with Gasteiger partial charge in [0.1, 0.15) is 5.76 Å². The molecule has 0 radical (unpaired) electrons. The Morgan fingerprint density at radius 3 is 2.60 bits per heavy atom. The fourth-order valence-corrected chi connectivity index (χ4v) is 4.26. The number of piperidine rings is 1. The number of aliphatic imine (C=N–C) groups is 1. The summed E-state index contributed by atoms with van der Waals surface area (Å²) >= 11 is 0. The van der Waals surface area contributed by atoms with E-state index in [1.807, 2.05) is 12.1 Å². The molecule has 30 heavy (non-hydrogen) atoms. The molecule has 3 fully saturated rings. The molecule has 3 heterocycles. The van der Waals surface area contributed by atoms with E-state index in [0.717, 1.165) is 76.5 Å². The summed E-state index contributed by atoms with van der Waals surface area (Å²) in [5.74, 6) is 1.98. The maximum absolute atomic E-state index is 5.45. The topological polar surface area (TPSA) is 65.3 Å². The zero-order valence-electron chi connectivity index (χ0n) is 18.1. The van der Waals surface area contributed by atoms with Gasteiger partial charge in [-0.1, -0.05) is 0 Å². The minimum absolute atomic E-state index is 0. The molecular formula is C22H38IN5O2. The number of nitrogens with zero attached hydrogens (tertiary/aromatic N) is 3. The van der Waals surface area contributed by atoms with Gasteiger partial charge in [0.25, 0.3) is 0 Å². The number of ether oxygens (including phenoxy) is 1. The number of rotatable bonds is 9. The van der Waals surface area contributed by atoms with Crippen LogP contribution in [0.25, 0.3) is 0 Å². The molecule has 1 saturated carbocycles. The first kappa shape index (κ1) is 23.8. The van der Waals surface area contributed by atoms with Crippen molar-refractivity contribution in [1.29, 1.82) is 0 Å². The Kier molecular flexibility index (Phi) is 10.2. The molecule has 170 valence electrons. The van der Waals surface area contributed by atoms with Crippen molar-refractivity contribution in [2.45, 2.75) is 50.6 Å². The summed E-state index contributed by atoms with van der Waals surface area (Å²) in [6, 6.07) is 5.39. The van der Waals surface area contributed by atoms with Crippen LogP contribution in [0, 0.1) is 0 Å². The van der Waals surface area contributed by atoms with Crippen LogP contribution in [-0.4, -0.2) is 86.9 Å². The van der Waals surface area contributed by atoms with Crippen LogP contribution in [-0.2, 0) is 11.2 Å². The average Bonchev–Trinajstić information content (AvgIpc) is 3.48. The third-order valence-corrected chi connectivity index (χ3v) is 6.18. The zero-order valence-corrected chi connectivity index (χ0v) is 20.4. The predicted molar refractivity (Wildman–Crippen MR) is 131 cm³/mol. The second kappa shape index (κ2) is 12.9. The molecular weight excluding hydrogens is 493 g/mol. The number of nitrogens with one attached hydrogen (secondary N) is 2. The molecule has 2 saturated heterocycles. The van der Waals surface area contributed by atoms with Crippen molar-refractivity contribution in [3.05, 3.63) is 24.2 Å². The highest BCUT2D eigenvalue weighted by atomic mass is 127. The van der Waals surface area contributed by atoms with E-state index in [2.05, 4.69) is 20.4 Å². The van der Waals surface area contributed by atoms with Crippen molar-refractivity contribution in [3.63, 3.8) is 0 Å². The molecule has 0 unspecified atom stereocenters. The fraction of sp³-hybridized carbons (Fsp3) is 0.773. The van der Waals surface area contributed by atoms with Gasteiger partial charge >= 0.3 is 0 Å². The number of likely N-dealkylation sites (tertiary alicyclic amines) is 1. The lowest BCUT2D eigenvalue weighted by molar-refractivity contribution is 0.0377. The average molecular weight is 531 g/mol. The summed E-state index contributed by atoms with van der Waals surface area (Å²) in [4.78, 5) is 10.0. The molecule has 2 N–H and O–H groups in total. The van der Waals surface area contributed by atoms with Gasteiger partial charge in [-0.05, 0) is 44.2 Å².